The van der Waals surface area contributed by atoms with E-state index in [-0.39, 0.29) is 23.7 Å². The van der Waals surface area contributed by atoms with Crippen LogP contribution in [0.3, 0.4) is 0 Å². The summed E-state index contributed by atoms with van der Waals surface area (Å²) in [5, 5.41) is 11.5. The smallest absolute Gasteiger partial charge is 0.303 e. The predicted octanol–water partition coefficient (Wildman–Crippen LogP) is 2.26. The van der Waals surface area contributed by atoms with Crippen molar-refractivity contribution in [3.05, 3.63) is 35.4 Å². The molecule has 2 atom stereocenters. The Morgan fingerprint density at radius 2 is 2.14 bits per heavy atom. The van der Waals surface area contributed by atoms with Gasteiger partial charge in [-0.25, -0.2) is 0 Å². The maximum atomic E-state index is 12.3. The number of carboxylic acid groups (broad SMARTS) is 1. The molecule has 1 spiro atoms. The van der Waals surface area contributed by atoms with E-state index in [0.29, 0.717) is 13.0 Å². The second kappa shape index (κ2) is 5.51. The molecule has 2 N–H and O–H groups in total. The summed E-state index contributed by atoms with van der Waals surface area (Å²) in [7, 11) is 0. The molecule has 4 heteroatoms. The van der Waals surface area contributed by atoms with E-state index >= 15 is 0 Å². The number of carbonyl (C=O) groups excluding carboxylic acids is 1. The van der Waals surface area contributed by atoms with Crippen LogP contribution in [0.15, 0.2) is 24.3 Å². The van der Waals surface area contributed by atoms with E-state index in [9.17, 15) is 9.59 Å². The molecule has 1 saturated carbocycles. The first-order valence-electron chi connectivity index (χ1n) is 7.71. The topological polar surface area (TPSA) is 66.4 Å². The lowest BCUT2D eigenvalue weighted by atomic mass is 9.78. The van der Waals surface area contributed by atoms with Gasteiger partial charge in [-0.3, -0.25) is 9.59 Å². The van der Waals surface area contributed by atoms with Crippen molar-refractivity contribution < 1.29 is 14.7 Å². The zero-order chi connectivity index (χ0) is 14.9. The molecule has 3 rings (SSSR count). The maximum absolute atomic E-state index is 12.3. The molecule has 0 unspecified atom stereocenters. The Morgan fingerprint density at radius 1 is 1.33 bits per heavy atom. The van der Waals surface area contributed by atoms with Crippen molar-refractivity contribution in [3.63, 3.8) is 0 Å². The summed E-state index contributed by atoms with van der Waals surface area (Å²) in [4.78, 5) is 22.7. The molecular formula is C17H21NO3. The molecule has 1 fully saturated rings. The third-order valence-corrected chi connectivity index (χ3v) is 4.88. The predicted molar refractivity (Wildman–Crippen MR) is 79.0 cm³/mol. The molecule has 0 bridgehead atoms. The van der Waals surface area contributed by atoms with Gasteiger partial charge in [0, 0.05) is 24.3 Å². The van der Waals surface area contributed by atoms with Crippen molar-refractivity contribution in [1.29, 1.82) is 0 Å². The molecule has 1 aromatic rings. The number of aryl methyl sites for hydroxylation is 1. The van der Waals surface area contributed by atoms with Gasteiger partial charge in [0.05, 0.1) is 0 Å². The van der Waals surface area contributed by atoms with E-state index in [4.69, 9.17) is 5.11 Å². The minimum Gasteiger partial charge on any atom is -0.481 e. The molecule has 0 radical (unpaired) electrons. The number of hydrogen-bond acceptors (Lipinski definition) is 2. The fourth-order valence-electron chi connectivity index (χ4n) is 3.75. The summed E-state index contributed by atoms with van der Waals surface area (Å²) in [6.45, 7) is 0.458. The van der Waals surface area contributed by atoms with Gasteiger partial charge in [0.25, 0.3) is 0 Å². The first-order valence-corrected chi connectivity index (χ1v) is 7.71. The van der Waals surface area contributed by atoms with Crippen LogP contribution in [0, 0.1) is 5.92 Å². The van der Waals surface area contributed by atoms with Crippen LogP contribution in [0.2, 0.25) is 0 Å². The van der Waals surface area contributed by atoms with E-state index in [1.54, 1.807) is 0 Å². The summed E-state index contributed by atoms with van der Waals surface area (Å²) in [5.41, 5.74) is 2.82. The van der Waals surface area contributed by atoms with Crippen LogP contribution in [0.1, 0.15) is 43.2 Å². The molecule has 4 nitrogen and oxygen atoms in total. The number of rotatable bonds is 5. The summed E-state index contributed by atoms with van der Waals surface area (Å²) < 4.78 is 0. The van der Waals surface area contributed by atoms with Crippen molar-refractivity contribution in [2.75, 3.05) is 6.54 Å². The molecular weight excluding hydrogens is 266 g/mol. The average Bonchev–Trinajstić information content (AvgIpc) is 3.19. The number of amides is 1. The van der Waals surface area contributed by atoms with E-state index in [1.807, 2.05) is 0 Å². The standard InChI is InChI=1S/C17H21NO3/c19-15(20)8-4-10-18-16(21)14-11-17(14)9-3-6-12-5-1-2-7-13(12)17/h1-2,5,7,14H,3-4,6,8-11H2,(H,18,21)(H,19,20)/t14-,17-/m1/s1. The Labute approximate surface area is 124 Å². The average molecular weight is 287 g/mol. The van der Waals surface area contributed by atoms with E-state index < -0.39 is 5.97 Å². The fourth-order valence-corrected chi connectivity index (χ4v) is 3.75. The number of carboxylic acids is 1. The largest absolute Gasteiger partial charge is 0.481 e. The summed E-state index contributed by atoms with van der Waals surface area (Å²) >= 11 is 0. The number of carbonyl (C=O) groups is 2. The van der Waals surface area contributed by atoms with Crippen LogP contribution in [-0.4, -0.2) is 23.5 Å². The molecule has 0 aromatic heterocycles. The Morgan fingerprint density at radius 3 is 2.95 bits per heavy atom. The van der Waals surface area contributed by atoms with Gasteiger partial charge in [0.2, 0.25) is 5.91 Å². The Hall–Kier alpha value is -1.84. The number of benzene rings is 1. The highest BCUT2D eigenvalue weighted by Crippen LogP contribution is 2.60. The summed E-state index contributed by atoms with van der Waals surface area (Å²) in [6.07, 6.45) is 4.91. The Kier molecular flexibility index (Phi) is 3.70. The van der Waals surface area contributed by atoms with Crippen LogP contribution in [0.5, 0.6) is 0 Å². The van der Waals surface area contributed by atoms with E-state index in [2.05, 4.69) is 29.6 Å². The van der Waals surface area contributed by atoms with E-state index in [1.165, 1.54) is 11.1 Å². The molecule has 1 amide bonds. The number of aliphatic carboxylic acids is 1. The van der Waals surface area contributed by atoms with Crippen molar-refractivity contribution in [1.82, 2.24) is 5.32 Å². The second-order valence-electron chi connectivity index (χ2n) is 6.21. The van der Waals surface area contributed by atoms with Gasteiger partial charge >= 0.3 is 5.97 Å². The van der Waals surface area contributed by atoms with Crippen LogP contribution in [0.4, 0.5) is 0 Å². The minimum atomic E-state index is -0.812. The first kappa shape index (κ1) is 14.1. The Balaban J connectivity index is 1.61. The maximum Gasteiger partial charge on any atom is 0.303 e. The van der Waals surface area contributed by atoms with Crippen LogP contribution in [-0.2, 0) is 21.4 Å². The lowest BCUT2D eigenvalue weighted by Gasteiger charge is -2.26. The van der Waals surface area contributed by atoms with Crippen LogP contribution >= 0.6 is 0 Å². The monoisotopic (exact) mass is 287 g/mol. The van der Waals surface area contributed by atoms with Gasteiger partial charge in [0.15, 0.2) is 0 Å². The molecule has 0 heterocycles. The highest BCUT2D eigenvalue weighted by Gasteiger charge is 2.59. The zero-order valence-corrected chi connectivity index (χ0v) is 12.1. The first-order chi connectivity index (χ1) is 10.1. The van der Waals surface area contributed by atoms with Gasteiger partial charge in [-0.1, -0.05) is 24.3 Å². The number of fused-ring (bicyclic) bond motifs is 2. The SMILES string of the molecule is O=C(O)CCCNC(=O)[C@H]1C[C@@]12CCCc1ccccc12. The third kappa shape index (κ3) is 2.67. The van der Waals surface area contributed by atoms with Gasteiger partial charge in [-0.2, -0.15) is 0 Å². The highest BCUT2D eigenvalue weighted by molar-refractivity contribution is 5.84. The Bertz CT molecular complexity index is 569. The normalized spacial score (nSPS) is 26.2. The molecule has 1 aromatic carbocycles. The van der Waals surface area contributed by atoms with Gasteiger partial charge in [-0.15, -0.1) is 0 Å². The lowest BCUT2D eigenvalue weighted by molar-refractivity contribution is -0.137. The molecule has 2 aliphatic carbocycles. The molecule has 21 heavy (non-hydrogen) atoms. The van der Waals surface area contributed by atoms with Crippen LogP contribution < -0.4 is 5.32 Å². The second-order valence-corrected chi connectivity index (χ2v) is 6.21. The quantitative estimate of drug-likeness (QED) is 0.816. The van der Waals surface area contributed by atoms with Crippen molar-refractivity contribution >= 4 is 11.9 Å². The van der Waals surface area contributed by atoms with Crippen molar-refractivity contribution in [3.8, 4) is 0 Å². The molecule has 112 valence electrons. The minimum absolute atomic E-state index is 0.0612. The number of nitrogens with one attached hydrogen (secondary N) is 1. The van der Waals surface area contributed by atoms with E-state index in [0.717, 1.165) is 25.7 Å². The molecule has 0 aliphatic heterocycles. The fraction of sp³-hybridized carbons (Fsp3) is 0.529. The number of hydrogen-bond donors (Lipinski definition) is 2. The van der Waals surface area contributed by atoms with Gasteiger partial charge in [-0.05, 0) is 43.2 Å². The van der Waals surface area contributed by atoms with Gasteiger partial charge < -0.3 is 10.4 Å². The van der Waals surface area contributed by atoms with Crippen molar-refractivity contribution in [2.24, 2.45) is 5.92 Å². The van der Waals surface area contributed by atoms with Crippen LogP contribution in [0.25, 0.3) is 0 Å². The lowest BCUT2D eigenvalue weighted by Crippen LogP contribution is -2.31. The highest BCUT2D eigenvalue weighted by atomic mass is 16.4. The molecule has 0 saturated heterocycles. The van der Waals surface area contributed by atoms with Gasteiger partial charge in [0.1, 0.15) is 0 Å². The summed E-state index contributed by atoms with van der Waals surface area (Å²) in [5.74, 6) is -0.644. The summed E-state index contributed by atoms with van der Waals surface area (Å²) in [6, 6.07) is 8.48. The molecule has 2 aliphatic rings. The third-order valence-electron chi connectivity index (χ3n) is 4.88. The van der Waals surface area contributed by atoms with Crippen molar-refractivity contribution in [2.45, 2.75) is 43.9 Å². The zero-order valence-electron chi connectivity index (χ0n) is 12.1.